The van der Waals surface area contributed by atoms with Gasteiger partial charge in [-0.1, -0.05) is 53.0 Å². The van der Waals surface area contributed by atoms with Crippen molar-refractivity contribution in [1.82, 2.24) is 0 Å². The number of nitrogens with zero attached hydrogens (tertiary/aromatic N) is 1. The molecule has 5 nitrogen and oxygen atoms in total. The molecule has 1 aliphatic heterocycles. The van der Waals surface area contributed by atoms with Gasteiger partial charge in [-0.25, -0.2) is 0 Å². The molecule has 0 aromatic heterocycles. The van der Waals surface area contributed by atoms with E-state index < -0.39 is 17.7 Å². The van der Waals surface area contributed by atoms with E-state index in [1.54, 1.807) is 36.4 Å². The molecule has 7 heteroatoms. The smallest absolute Gasteiger partial charge is 0.300 e. The number of aryl methyl sites for hydroxylation is 1. The number of Topliss-reactive ketones (excluding diaryl/α,β-unsaturated/α-hetero) is 1. The topological polar surface area (TPSA) is 66.8 Å². The molecular weight excluding hydrogens is 449 g/mol. The molecule has 1 aliphatic rings. The number of rotatable bonds is 4. The second-order valence-corrected chi connectivity index (χ2v) is 8.28. The van der Waals surface area contributed by atoms with Crippen molar-refractivity contribution in [2.75, 3.05) is 12.0 Å². The quantitative estimate of drug-likeness (QED) is 0.293. The van der Waals surface area contributed by atoms with E-state index in [2.05, 4.69) is 0 Å². The molecule has 32 heavy (non-hydrogen) atoms. The number of carbonyl (C=O) groups excluding carboxylic acids is 2. The summed E-state index contributed by atoms with van der Waals surface area (Å²) in [5, 5.41) is 12.1. The molecule has 1 atom stereocenters. The Bertz CT molecular complexity index is 1250. The van der Waals surface area contributed by atoms with Gasteiger partial charge in [-0.05, 0) is 55.0 Å². The molecule has 0 spiro atoms. The molecular formula is C25H19Cl2NO4. The number of amides is 1. The third-order valence-electron chi connectivity index (χ3n) is 5.32. The van der Waals surface area contributed by atoms with Crippen LogP contribution in [0.25, 0.3) is 5.76 Å². The van der Waals surface area contributed by atoms with E-state index in [4.69, 9.17) is 27.9 Å². The summed E-state index contributed by atoms with van der Waals surface area (Å²) >= 11 is 12.2. The highest BCUT2D eigenvalue weighted by Gasteiger charge is 2.47. The van der Waals surface area contributed by atoms with Crippen LogP contribution in [0.3, 0.4) is 0 Å². The highest BCUT2D eigenvalue weighted by atomic mass is 35.5. The minimum atomic E-state index is -0.847. The predicted octanol–water partition coefficient (Wildman–Crippen LogP) is 5.94. The van der Waals surface area contributed by atoms with Crippen molar-refractivity contribution < 1.29 is 19.4 Å². The molecule has 1 fully saturated rings. The summed E-state index contributed by atoms with van der Waals surface area (Å²) < 4.78 is 5.35. The Morgan fingerprint density at radius 1 is 0.969 bits per heavy atom. The maximum Gasteiger partial charge on any atom is 0.300 e. The molecule has 1 unspecified atom stereocenters. The molecule has 1 N–H and O–H groups in total. The van der Waals surface area contributed by atoms with Gasteiger partial charge in [-0.3, -0.25) is 14.5 Å². The van der Waals surface area contributed by atoms with Gasteiger partial charge >= 0.3 is 0 Å². The lowest BCUT2D eigenvalue weighted by Crippen LogP contribution is -2.29. The van der Waals surface area contributed by atoms with E-state index in [0.29, 0.717) is 27.0 Å². The van der Waals surface area contributed by atoms with Crippen molar-refractivity contribution >= 4 is 46.3 Å². The molecule has 1 saturated heterocycles. The van der Waals surface area contributed by atoms with E-state index in [1.807, 2.05) is 31.2 Å². The lowest BCUT2D eigenvalue weighted by Gasteiger charge is -2.26. The maximum atomic E-state index is 13.2. The summed E-state index contributed by atoms with van der Waals surface area (Å²) in [6.07, 6.45) is 0. The van der Waals surface area contributed by atoms with E-state index in [1.165, 1.54) is 18.1 Å². The van der Waals surface area contributed by atoms with E-state index in [-0.39, 0.29) is 16.9 Å². The minimum Gasteiger partial charge on any atom is -0.507 e. The first-order valence-electron chi connectivity index (χ1n) is 9.79. The molecule has 0 saturated carbocycles. The van der Waals surface area contributed by atoms with Gasteiger partial charge in [0.15, 0.2) is 0 Å². The molecule has 3 aromatic carbocycles. The van der Waals surface area contributed by atoms with E-state index >= 15 is 0 Å². The molecule has 162 valence electrons. The van der Waals surface area contributed by atoms with Crippen LogP contribution in [0.5, 0.6) is 5.75 Å². The monoisotopic (exact) mass is 467 g/mol. The van der Waals surface area contributed by atoms with Crippen LogP contribution in [-0.2, 0) is 9.59 Å². The molecule has 0 aliphatic carbocycles. The largest absolute Gasteiger partial charge is 0.507 e. The molecule has 1 heterocycles. The highest BCUT2D eigenvalue weighted by Crippen LogP contribution is 2.43. The highest BCUT2D eigenvalue weighted by molar-refractivity contribution is 6.51. The van der Waals surface area contributed by atoms with E-state index in [9.17, 15) is 14.7 Å². The Balaban J connectivity index is 1.99. The Morgan fingerprint density at radius 3 is 2.31 bits per heavy atom. The summed E-state index contributed by atoms with van der Waals surface area (Å²) in [6.45, 7) is 1.91. The molecule has 0 radical (unpaired) electrons. The zero-order valence-corrected chi connectivity index (χ0v) is 18.8. The average Bonchev–Trinajstić information content (AvgIpc) is 3.04. The van der Waals surface area contributed by atoms with Crippen molar-refractivity contribution in [2.24, 2.45) is 0 Å². The standard InChI is InChI=1S/C25H19Cl2NO4/c1-14-4-3-5-15(12-14)22-21(23(29)19-13-17(27)8-11-20(19)32-2)24(30)25(31)28(22)18-9-6-16(26)7-10-18/h3-13,22,29H,1-2H3/b23-21+. The number of hydrogen-bond acceptors (Lipinski definition) is 4. The number of ether oxygens (including phenoxy) is 1. The van der Waals surface area contributed by atoms with Crippen molar-refractivity contribution in [1.29, 1.82) is 0 Å². The van der Waals surface area contributed by atoms with Gasteiger partial charge in [0.25, 0.3) is 11.7 Å². The third-order valence-corrected chi connectivity index (χ3v) is 5.81. The van der Waals surface area contributed by atoms with Crippen LogP contribution in [0.4, 0.5) is 5.69 Å². The number of aliphatic hydroxyl groups excluding tert-OH is 1. The number of methoxy groups -OCH3 is 1. The summed E-state index contributed by atoms with van der Waals surface area (Å²) in [5.41, 5.74) is 2.30. The Morgan fingerprint density at radius 2 is 1.66 bits per heavy atom. The Labute approximate surface area is 195 Å². The second-order valence-electron chi connectivity index (χ2n) is 7.40. The predicted molar refractivity (Wildman–Crippen MR) is 125 cm³/mol. The summed E-state index contributed by atoms with van der Waals surface area (Å²) in [4.78, 5) is 27.8. The van der Waals surface area contributed by atoms with Crippen molar-refractivity contribution in [3.8, 4) is 5.75 Å². The van der Waals surface area contributed by atoms with Crippen LogP contribution in [0, 0.1) is 6.92 Å². The fourth-order valence-electron chi connectivity index (χ4n) is 3.87. The first-order chi connectivity index (χ1) is 15.3. The van der Waals surface area contributed by atoms with Gasteiger partial charge in [0.2, 0.25) is 0 Å². The van der Waals surface area contributed by atoms with Crippen molar-refractivity contribution in [2.45, 2.75) is 13.0 Å². The lowest BCUT2D eigenvalue weighted by atomic mass is 9.94. The first-order valence-corrected chi connectivity index (χ1v) is 10.5. The first kappa shape index (κ1) is 21.9. The van der Waals surface area contributed by atoms with Crippen LogP contribution in [-0.4, -0.2) is 23.9 Å². The number of carbonyl (C=O) groups is 2. The van der Waals surface area contributed by atoms with E-state index in [0.717, 1.165) is 5.56 Å². The summed E-state index contributed by atoms with van der Waals surface area (Å²) in [5.74, 6) is -1.58. The fraction of sp³-hybridized carbons (Fsp3) is 0.120. The van der Waals surface area contributed by atoms with Gasteiger partial charge in [0.05, 0.1) is 24.3 Å². The van der Waals surface area contributed by atoms with Gasteiger partial charge in [0.1, 0.15) is 11.5 Å². The van der Waals surface area contributed by atoms with Crippen LogP contribution < -0.4 is 9.64 Å². The number of aliphatic hydroxyl groups is 1. The lowest BCUT2D eigenvalue weighted by molar-refractivity contribution is -0.132. The van der Waals surface area contributed by atoms with Crippen LogP contribution >= 0.6 is 23.2 Å². The van der Waals surface area contributed by atoms with Gasteiger partial charge in [-0.15, -0.1) is 0 Å². The second kappa shape index (κ2) is 8.69. The minimum absolute atomic E-state index is 0.0453. The molecule has 3 aromatic rings. The summed E-state index contributed by atoms with van der Waals surface area (Å²) in [7, 11) is 1.45. The van der Waals surface area contributed by atoms with Crippen molar-refractivity contribution in [3.05, 3.63) is 99.0 Å². The zero-order valence-electron chi connectivity index (χ0n) is 17.3. The number of anilines is 1. The number of benzene rings is 3. The van der Waals surface area contributed by atoms with Crippen molar-refractivity contribution in [3.63, 3.8) is 0 Å². The molecule has 4 rings (SSSR count). The van der Waals surface area contributed by atoms with Crippen LogP contribution in [0.1, 0.15) is 22.7 Å². The summed E-state index contributed by atoms with van der Waals surface area (Å²) in [6, 6.07) is 17.9. The molecule has 1 amide bonds. The third kappa shape index (κ3) is 3.85. The SMILES string of the molecule is COc1ccc(Cl)cc1/C(O)=C1\C(=O)C(=O)N(c2ccc(Cl)cc2)C1c1cccc(C)c1. The molecule has 0 bridgehead atoms. The average molecular weight is 468 g/mol. The Kier molecular flexibility index (Phi) is 5.96. The normalized spacial score (nSPS) is 17.6. The van der Waals surface area contributed by atoms with Crippen LogP contribution in [0.2, 0.25) is 10.0 Å². The van der Waals surface area contributed by atoms with Gasteiger partial charge in [-0.2, -0.15) is 0 Å². The fourth-order valence-corrected chi connectivity index (χ4v) is 4.16. The maximum absolute atomic E-state index is 13.2. The van der Waals surface area contributed by atoms with Gasteiger partial charge < -0.3 is 9.84 Å². The number of ketones is 1. The number of halogens is 2. The van der Waals surface area contributed by atoms with Gasteiger partial charge in [0, 0.05) is 15.7 Å². The number of hydrogen-bond donors (Lipinski definition) is 1. The Hall–Kier alpha value is -3.28. The zero-order chi connectivity index (χ0) is 23.0. The van der Waals surface area contributed by atoms with Crippen LogP contribution in [0.15, 0.2) is 72.3 Å².